The Hall–Kier alpha value is -2.12. The van der Waals surface area contributed by atoms with Crippen LogP contribution in [0.4, 0.5) is 0 Å². The minimum Gasteiger partial charge on any atom is -0.469 e. The van der Waals surface area contributed by atoms with E-state index in [2.05, 4.69) is 20.8 Å². The highest BCUT2D eigenvalue weighted by Crippen LogP contribution is 2.69. The summed E-state index contributed by atoms with van der Waals surface area (Å²) >= 11 is 0. The Morgan fingerprint density at radius 1 is 0.846 bits per heavy atom. The molecule has 0 saturated heterocycles. The molecule has 4 rings (SSSR count). The van der Waals surface area contributed by atoms with E-state index >= 15 is 0 Å². The molecule has 8 heteroatoms. The molecular formula is C31H48O8. The Morgan fingerprint density at radius 3 is 2.13 bits per heavy atom. The van der Waals surface area contributed by atoms with Gasteiger partial charge in [-0.15, -0.1) is 0 Å². The number of rotatable bonds is 7. The highest BCUT2D eigenvalue weighted by molar-refractivity contribution is 5.69. The molecule has 0 N–H and O–H groups in total. The zero-order chi connectivity index (χ0) is 28.7. The molecule has 0 spiro atoms. The second-order valence-electron chi connectivity index (χ2n) is 13.4. The van der Waals surface area contributed by atoms with Crippen molar-refractivity contribution < 1.29 is 38.1 Å². The number of hydrogen-bond donors (Lipinski definition) is 0. The van der Waals surface area contributed by atoms with Gasteiger partial charge >= 0.3 is 23.9 Å². The molecule has 0 heterocycles. The fourth-order valence-corrected chi connectivity index (χ4v) is 9.77. The summed E-state index contributed by atoms with van der Waals surface area (Å²) in [5, 5.41) is 0. The second-order valence-corrected chi connectivity index (χ2v) is 13.4. The van der Waals surface area contributed by atoms with Crippen LogP contribution in [-0.2, 0) is 38.1 Å². The monoisotopic (exact) mass is 548 g/mol. The van der Waals surface area contributed by atoms with E-state index in [-0.39, 0.29) is 88.5 Å². The van der Waals surface area contributed by atoms with Crippen molar-refractivity contribution in [1.82, 2.24) is 0 Å². The molecule has 0 aromatic heterocycles. The van der Waals surface area contributed by atoms with Crippen molar-refractivity contribution in [3.63, 3.8) is 0 Å². The predicted octanol–water partition coefficient (Wildman–Crippen LogP) is 5.25. The third-order valence-electron chi connectivity index (χ3n) is 11.4. The van der Waals surface area contributed by atoms with Gasteiger partial charge in [0, 0.05) is 38.5 Å². The summed E-state index contributed by atoms with van der Waals surface area (Å²) in [4.78, 5) is 48.5. The van der Waals surface area contributed by atoms with Gasteiger partial charge in [0.25, 0.3) is 0 Å². The van der Waals surface area contributed by atoms with Crippen LogP contribution in [0.5, 0.6) is 0 Å². The van der Waals surface area contributed by atoms with E-state index in [1.807, 2.05) is 0 Å². The van der Waals surface area contributed by atoms with Gasteiger partial charge < -0.3 is 18.9 Å². The summed E-state index contributed by atoms with van der Waals surface area (Å²) in [5.74, 6) is 0.438. The Bertz CT molecular complexity index is 962. The zero-order valence-corrected chi connectivity index (χ0v) is 24.8. The molecule has 0 amide bonds. The van der Waals surface area contributed by atoms with E-state index in [9.17, 15) is 19.2 Å². The van der Waals surface area contributed by atoms with Crippen molar-refractivity contribution in [1.29, 1.82) is 0 Å². The maximum Gasteiger partial charge on any atom is 0.305 e. The van der Waals surface area contributed by atoms with Crippen molar-refractivity contribution >= 4 is 23.9 Å². The van der Waals surface area contributed by atoms with Crippen LogP contribution in [0.25, 0.3) is 0 Å². The van der Waals surface area contributed by atoms with Crippen molar-refractivity contribution in [2.75, 3.05) is 7.11 Å². The van der Waals surface area contributed by atoms with Crippen molar-refractivity contribution in [3.05, 3.63) is 0 Å². The van der Waals surface area contributed by atoms with Gasteiger partial charge in [-0.25, -0.2) is 0 Å². The third-order valence-corrected chi connectivity index (χ3v) is 11.4. The quantitative estimate of drug-likeness (QED) is 0.314. The largest absolute Gasteiger partial charge is 0.469 e. The first-order chi connectivity index (χ1) is 18.3. The third kappa shape index (κ3) is 5.58. The van der Waals surface area contributed by atoms with Gasteiger partial charge in [-0.3, -0.25) is 19.2 Å². The lowest BCUT2D eigenvalue weighted by atomic mass is 9.43. The summed E-state index contributed by atoms with van der Waals surface area (Å²) < 4.78 is 22.8. The van der Waals surface area contributed by atoms with Crippen LogP contribution in [0.1, 0.15) is 99.3 Å². The highest BCUT2D eigenvalue weighted by Gasteiger charge is 2.67. The fourth-order valence-electron chi connectivity index (χ4n) is 9.77. The molecule has 0 bridgehead atoms. The van der Waals surface area contributed by atoms with E-state index in [1.165, 1.54) is 27.9 Å². The summed E-state index contributed by atoms with van der Waals surface area (Å²) in [5.41, 5.74) is -0.300. The molecule has 11 atom stereocenters. The van der Waals surface area contributed by atoms with E-state index in [0.717, 1.165) is 51.4 Å². The summed E-state index contributed by atoms with van der Waals surface area (Å²) in [6, 6.07) is 0. The first-order valence-electron chi connectivity index (χ1n) is 14.9. The average molecular weight is 549 g/mol. The molecule has 4 aliphatic rings. The Morgan fingerprint density at radius 2 is 1.51 bits per heavy atom. The number of carbonyl (C=O) groups is 4. The van der Waals surface area contributed by atoms with Gasteiger partial charge in [0.15, 0.2) is 0 Å². The summed E-state index contributed by atoms with van der Waals surface area (Å²) in [7, 11) is 1.42. The first-order valence-corrected chi connectivity index (χ1v) is 14.9. The van der Waals surface area contributed by atoms with Crippen LogP contribution in [0, 0.1) is 46.3 Å². The second kappa shape index (κ2) is 11.4. The van der Waals surface area contributed by atoms with Crippen LogP contribution >= 0.6 is 0 Å². The molecule has 39 heavy (non-hydrogen) atoms. The summed E-state index contributed by atoms with van der Waals surface area (Å²) in [6.45, 7) is 11.3. The smallest absolute Gasteiger partial charge is 0.305 e. The number of carbonyl (C=O) groups excluding carboxylic acids is 4. The lowest BCUT2D eigenvalue weighted by Gasteiger charge is -2.64. The van der Waals surface area contributed by atoms with Gasteiger partial charge in [0.05, 0.1) is 7.11 Å². The van der Waals surface area contributed by atoms with E-state index in [4.69, 9.17) is 18.9 Å². The molecule has 0 aromatic rings. The fraction of sp³-hybridized carbons (Fsp3) is 0.871. The van der Waals surface area contributed by atoms with Gasteiger partial charge in [0.2, 0.25) is 0 Å². The molecule has 0 aliphatic heterocycles. The number of hydrogen-bond acceptors (Lipinski definition) is 8. The Balaban J connectivity index is 1.70. The van der Waals surface area contributed by atoms with Crippen molar-refractivity contribution in [2.24, 2.45) is 46.3 Å². The standard InChI is InChI=1S/C31H48O8/c1-17(8-11-28(35)36-7)23-9-10-24-29-25(16-27(31(23,24)6)39-20(4)34)30(5)13-12-22(37-18(2)32)14-21(30)15-26(29)38-19(3)33/h17,21-27,29H,8-16H2,1-7H3/t17-,21+,22-,23-,24+,25+,26+,27+,29+,30-,31+/m0/s1. The Labute approximate surface area is 233 Å². The van der Waals surface area contributed by atoms with Gasteiger partial charge in [-0.1, -0.05) is 20.8 Å². The molecule has 0 aromatic carbocycles. The van der Waals surface area contributed by atoms with Gasteiger partial charge in [-0.2, -0.15) is 0 Å². The SMILES string of the molecule is COC(=O)CC[C@H](C)[C@@H]1CC[C@@H]2[C@@H]3[C@@H](C[C@@H](OC(C)=O)[C@@]21C)[C@@]1(C)CC[C@H](OC(C)=O)C[C@@H]1C[C@H]3OC(C)=O. The number of ether oxygens (including phenoxy) is 4. The van der Waals surface area contributed by atoms with Crippen LogP contribution in [0.2, 0.25) is 0 Å². The van der Waals surface area contributed by atoms with Crippen LogP contribution < -0.4 is 0 Å². The minimum absolute atomic E-state index is 0.0215. The zero-order valence-electron chi connectivity index (χ0n) is 24.8. The average Bonchev–Trinajstić information content (AvgIpc) is 3.20. The van der Waals surface area contributed by atoms with E-state index in [1.54, 1.807) is 0 Å². The molecular weight excluding hydrogens is 500 g/mol. The molecule has 8 nitrogen and oxygen atoms in total. The molecule has 4 fully saturated rings. The highest BCUT2D eigenvalue weighted by atomic mass is 16.6. The van der Waals surface area contributed by atoms with Gasteiger partial charge in [-0.05, 0) is 86.4 Å². The topological polar surface area (TPSA) is 105 Å². The first kappa shape index (κ1) is 29.9. The maximum absolute atomic E-state index is 12.5. The molecule has 220 valence electrons. The van der Waals surface area contributed by atoms with Gasteiger partial charge in [0.1, 0.15) is 18.3 Å². The minimum atomic E-state index is -0.279. The van der Waals surface area contributed by atoms with E-state index < -0.39 is 0 Å². The van der Waals surface area contributed by atoms with Crippen molar-refractivity contribution in [3.8, 4) is 0 Å². The van der Waals surface area contributed by atoms with Crippen LogP contribution in [0.15, 0.2) is 0 Å². The molecule has 4 aliphatic carbocycles. The normalized spacial score (nSPS) is 41.7. The molecule has 4 saturated carbocycles. The van der Waals surface area contributed by atoms with E-state index in [0.29, 0.717) is 6.42 Å². The summed E-state index contributed by atoms with van der Waals surface area (Å²) in [6.07, 6.45) is 6.53. The number of fused-ring (bicyclic) bond motifs is 5. The molecule has 0 radical (unpaired) electrons. The predicted molar refractivity (Wildman–Crippen MR) is 143 cm³/mol. The maximum atomic E-state index is 12.5. The lowest BCUT2D eigenvalue weighted by Crippen LogP contribution is -2.63. The molecule has 0 unspecified atom stereocenters. The van der Waals surface area contributed by atoms with Crippen LogP contribution in [-0.4, -0.2) is 49.3 Å². The van der Waals surface area contributed by atoms with Crippen molar-refractivity contribution in [2.45, 2.75) is 118 Å². The van der Waals surface area contributed by atoms with Crippen LogP contribution in [0.3, 0.4) is 0 Å². The Kier molecular flexibility index (Phi) is 8.73. The number of methoxy groups -OCH3 is 1. The number of esters is 4. The lowest BCUT2D eigenvalue weighted by molar-refractivity contribution is -0.224.